The Bertz CT molecular complexity index is 959. The van der Waals surface area contributed by atoms with Crippen LogP contribution in [0.2, 0.25) is 5.02 Å². The molecule has 0 unspecified atom stereocenters. The molecule has 3 aromatic rings. The number of benzene rings is 2. The Labute approximate surface area is 187 Å². The maximum atomic E-state index is 12.0. The van der Waals surface area contributed by atoms with E-state index in [9.17, 15) is 4.79 Å². The molecule has 5 nitrogen and oxygen atoms in total. The maximum Gasteiger partial charge on any atom is 0.220 e. The number of rotatable bonds is 10. The van der Waals surface area contributed by atoms with Crippen molar-refractivity contribution < 1.29 is 4.79 Å². The van der Waals surface area contributed by atoms with Crippen LogP contribution in [0, 0.1) is 5.92 Å². The lowest BCUT2D eigenvalue weighted by molar-refractivity contribution is -0.121. The van der Waals surface area contributed by atoms with Gasteiger partial charge in [-0.25, -0.2) is 0 Å². The summed E-state index contributed by atoms with van der Waals surface area (Å²) in [6.45, 7) is 5.05. The molecule has 158 valence electrons. The van der Waals surface area contributed by atoms with Crippen molar-refractivity contribution in [1.29, 1.82) is 0 Å². The van der Waals surface area contributed by atoms with E-state index in [0.29, 0.717) is 23.2 Å². The van der Waals surface area contributed by atoms with Crippen LogP contribution in [-0.2, 0) is 4.79 Å². The fourth-order valence-corrected chi connectivity index (χ4v) is 4.09. The second kappa shape index (κ2) is 11.2. The lowest BCUT2D eigenvalue weighted by atomic mass is 10.1. The van der Waals surface area contributed by atoms with Gasteiger partial charge in [-0.05, 0) is 43.0 Å². The van der Waals surface area contributed by atoms with Gasteiger partial charge in [0.05, 0.1) is 5.02 Å². The van der Waals surface area contributed by atoms with E-state index in [1.54, 1.807) is 11.8 Å². The molecule has 3 rings (SSSR count). The van der Waals surface area contributed by atoms with Crippen LogP contribution in [-0.4, -0.2) is 33.0 Å². The Kier molecular flexibility index (Phi) is 8.34. The zero-order valence-corrected chi connectivity index (χ0v) is 18.9. The van der Waals surface area contributed by atoms with Crippen molar-refractivity contribution >= 4 is 29.3 Å². The van der Waals surface area contributed by atoms with E-state index in [1.807, 2.05) is 59.2 Å². The summed E-state index contributed by atoms with van der Waals surface area (Å²) in [4.78, 5) is 12.0. The first kappa shape index (κ1) is 22.4. The van der Waals surface area contributed by atoms with Gasteiger partial charge >= 0.3 is 0 Å². The minimum atomic E-state index is 0.109. The summed E-state index contributed by atoms with van der Waals surface area (Å²) in [5.41, 5.74) is 1.82. The van der Waals surface area contributed by atoms with Crippen LogP contribution in [0.1, 0.15) is 33.1 Å². The molecule has 0 fully saturated rings. The molecule has 0 aliphatic carbocycles. The molecule has 0 spiro atoms. The second-order valence-corrected chi connectivity index (χ2v) is 8.91. The van der Waals surface area contributed by atoms with Crippen molar-refractivity contribution in [3.05, 3.63) is 59.6 Å². The number of halogens is 1. The van der Waals surface area contributed by atoms with Gasteiger partial charge in [0.25, 0.3) is 0 Å². The van der Waals surface area contributed by atoms with Gasteiger partial charge in [0.15, 0.2) is 11.0 Å². The fraction of sp³-hybridized carbons (Fsp3) is 0.348. The molecule has 1 heterocycles. The van der Waals surface area contributed by atoms with Crippen molar-refractivity contribution in [2.45, 2.75) is 38.3 Å². The Morgan fingerprint density at radius 2 is 1.83 bits per heavy atom. The highest BCUT2D eigenvalue weighted by Crippen LogP contribution is 2.32. The van der Waals surface area contributed by atoms with E-state index in [2.05, 4.69) is 29.4 Å². The molecular formula is C23H27ClN4OS. The predicted molar refractivity (Wildman–Crippen MR) is 124 cm³/mol. The first-order valence-electron chi connectivity index (χ1n) is 10.2. The van der Waals surface area contributed by atoms with E-state index in [0.717, 1.165) is 41.5 Å². The van der Waals surface area contributed by atoms with E-state index in [4.69, 9.17) is 11.6 Å². The number of nitrogens with one attached hydrogen (secondary N) is 1. The second-order valence-electron chi connectivity index (χ2n) is 7.44. The minimum Gasteiger partial charge on any atom is -0.356 e. The van der Waals surface area contributed by atoms with Crippen molar-refractivity contribution in [3.8, 4) is 17.1 Å². The van der Waals surface area contributed by atoms with Gasteiger partial charge in [0.2, 0.25) is 5.91 Å². The molecule has 0 atom stereocenters. The van der Waals surface area contributed by atoms with Gasteiger partial charge in [-0.15, -0.1) is 10.2 Å². The first-order chi connectivity index (χ1) is 14.6. The van der Waals surface area contributed by atoms with Crippen molar-refractivity contribution in [2.24, 2.45) is 5.92 Å². The summed E-state index contributed by atoms with van der Waals surface area (Å²) >= 11 is 8.02. The fourth-order valence-electron chi connectivity index (χ4n) is 2.98. The average Bonchev–Trinajstić information content (AvgIpc) is 3.15. The highest BCUT2D eigenvalue weighted by atomic mass is 35.5. The van der Waals surface area contributed by atoms with Gasteiger partial charge in [-0.2, -0.15) is 0 Å². The highest BCUT2D eigenvalue weighted by Gasteiger charge is 2.17. The number of hydrogen-bond acceptors (Lipinski definition) is 4. The van der Waals surface area contributed by atoms with Crippen LogP contribution in [0.15, 0.2) is 59.8 Å². The average molecular weight is 443 g/mol. The van der Waals surface area contributed by atoms with E-state index in [1.165, 1.54) is 0 Å². The monoisotopic (exact) mass is 442 g/mol. The molecule has 1 N–H and O–H groups in total. The Hall–Kier alpha value is -2.31. The number of carbonyl (C=O) groups is 1. The van der Waals surface area contributed by atoms with Crippen molar-refractivity contribution in [1.82, 2.24) is 20.1 Å². The topological polar surface area (TPSA) is 59.8 Å². The SMILES string of the molecule is CC(C)CCNC(=O)CCCSc1nnc(-c2ccccc2Cl)n1-c1ccccc1. The zero-order chi connectivity index (χ0) is 21.3. The summed E-state index contributed by atoms with van der Waals surface area (Å²) < 4.78 is 2.02. The number of aromatic nitrogens is 3. The Balaban J connectivity index is 1.68. The summed E-state index contributed by atoms with van der Waals surface area (Å²) in [7, 11) is 0. The van der Waals surface area contributed by atoms with E-state index in [-0.39, 0.29) is 5.91 Å². The van der Waals surface area contributed by atoms with Crippen LogP contribution in [0.25, 0.3) is 17.1 Å². The number of carbonyl (C=O) groups excluding carboxylic acids is 1. The van der Waals surface area contributed by atoms with Gasteiger partial charge in [-0.1, -0.05) is 67.5 Å². The number of nitrogens with zero attached hydrogens (tertiary/aromatic N) is 3. The zero-order valence-electron chi connectivity index (χ0n) is 17.3. The molecule has 0 bridgehead atoms. The molecule has 7 heteroatoms. The van der Waals surface area contributed by atoms with Crippen LogP contribution < -0.4 is 5.32 Å². The normalized spacial score (nSPS) is 11.1. The minimum absolute atomic E-state index is 0.109. The summed E-state index contributed by atoms with van der Waals surface area (Å²) in [5.74, 6) is 2.20. The molecule has 30 heavy (non-hydrogen) atoms. The number of amides is 1. The number of para-hydroxylation sites is 1. The Morgan fingerprint density at radius 3 is 2.57 bits per heavy atom. The van der Waals surface area contributed by atoms with E-state index >= 15 is 0 Å². The summed E-state index contributed by atoms with van der Waals surface area (Å²) in [6, 6.07) is 17.6. The third-order valence-electron chi connectivity index (χ3n) is 4.59. The summed E-state index contributed by atoms with van der Waals surface area (Å²) in [5, 5.41) is 13.2. The van der Waals surface area contributed by atoms with Gasteiger partial charge in [0.1, 0.15) is 0 Å². The molecule has 0 saturated carbocycles. The molecule has 0 saturated heterocycles. The number of hydrogen-bond donors (Lipinski definition) is 1. The first-order valence-corrected chi connectivity index (χ1v) is 11.6. The van der Waals surface area contributed by atoms with Crippen LogP contribution >= 0.6 is 23.4 Å². The third-order valence-corrected chi connectivity index (χ3v) is 5.93. The quantitative estimate of drug-likeness (QED) is 0.327. The molecule has 0 aliphatic rings. The van der Waals surface area contributed by atoms with Gasteiger partial charge in [0, 0.05) is 30.0 Å². The standard InChI is InChI=1S/C23H27ClN4OS/c1-17(2)14-15-25-21(29)13-8-16-30-23-27-26-22(19-11-6-7-12-20(19)24)28(23)18-9-4-3-5-10-18/h3-7,9-12,17H,8,13-16H2,1-2H3,(H,25,29). The van der Waals surface area contributed by atoms with Crippen LogP contribution in [0.5, 0.6) is 0 Å². The highest BCUT2D eigenvalue weighted by molar-refractivity contribution is 7.99. The molecule has 1 aromatic heterocycles. The van der Waals surface area contributed by atoms with Gasteiger partial charge in [-0.3, -0.25) is 9.36 Å². The number of thioether (sulfide) groups is 1. The summed E-state index contributed by atoms with van der Waals surface area (Å²) in [6.07, 6.45) is 2.30. The largest absolute Gasteiger partial charge is 0.356 e. The van der Waals surface area contributed by atoms with Crippen LogP contribution in [0.3, 0.4) is 0 Å². The van der Waals surface area contributed by atoms with Crippen LogP contribution in [0.4, 0.5) is 0 Å². The predicted octanol–water partition coefficient (Wildman–Crippen LogP) is 5.62. The third kappa shape index (κ3) is 6.09. The van der Waals surface area contributed by atoms with E-state index < -0.39 is 0 Å². The lowest BCUT2D eigenvalue weighted by Crippen LogP contribution is -2.25. The molecule has 1 amide bonds. The maximum absolute atomic E-state index is 12.0. The van der Waals surface area contributed by atoms with Crippen molar-refractivity contribution in [3.63, 3.8) is 0 Å². The molecule has 2 aromatic carbocycles. The molecule has 0 radical (unpaired) electrons. The molecule has 0 aliphatic heterocycles. The van der Waals surface area contributed by atoms with Crippen molar-refractivity contribution in [2.75, 3.05) is 12.3 Å². The Morgan fingerprint density at radius 1 is 1.10 bits per heavy atom. The smallest absolute Gasteiger partial charge is 0.220 e. The lowest BCUT2D eigenvalue weighted by Gasteiger charge is -2.11. The van der Waals surface area contributed by atoms with Gasteiger partial charge < -0.3 is 5.32 Å². The molecular weight excluding hydrogens is 416 g/mol.